The van der Waals surface area contributed by atoms with Gasteiger partial charge in [-0.1, -0.05) is 35.9 Å². The standard InChI is InChI=1S/C18H18N6S.C7H8O3S/c1-22-8-10-23(11-9-22)18-20-16-6-7-19-24(16)17(21-18)14-12-25-15-5-3-2-4-13(14)15;1-6-2-4-7(5-3-6)11(8,9)10/h2-7,12H,8-11H2,1H3;2-5H,1H3,(H,8,9,10). The monoisotopic (exact) mass is 522 g/mol. The Bertz CT molecular complexity index is 1600. The predicted molar refractivity (Wildman–Crippen MR) is 142 cm³/mol. The van der Waals surface area contributed by atoms with Crippen LogP contribution in [0.3, 0.4) is 0 Å². The van der Waals surface area contributed by atoms with Gasteiger partial charge in [0.15, 0.2) is 11.5 Å². The van der Waals surface area contributed by atoms with Crippen LogP contribution in [0.15, 0.2) is 71.1 Å². The molecule has 5 aromatic rings. The minimum absolute atomic E-state index is 0.0666. The van der Waals surface area contributed by atoms with Crippen LogP contribution in [-0.2, 0) is 10.1 Å². The number of piperazine rings is 1. The summed E-state index contributed by atoms with van der Waals surface area (Å²) in [6, 6.07) is 16.4. The fraction of sp³-hybridized carbons (Fsp3) is 0.240. The first kappa shape index (κ1) is 24.3. The van der Waals surface area contributed by atoms with Crippen molar-refractivity contribution in [2.45, 2.75) is 11.8 Å². The average molecular weight is 523 g/mol. The normalized spacial score (nSPS) is 14.7. The van der Waals surface area contributed by atoms with Crippen molar-refractivity contribution in [1.29, 1.82) is 0 Å². The maximum Gasteiger partial charge on any atom is 0.294 e. The molecule has 1 aliphatic rings. The molecule has 1 aliphatic heterocycles. The summed E-state index contributed by atoms with van der Waals surface area (Å²) in [6.07, 6.45) is 1.79. The van der Waals surface area contributed by atoms with Gasteiger partial charge in [0.05, 0.1) is 11.1 Å². The summed E-state index contributed by atoms with van der Waals surface area (Å²) >= 11 is 1.74. The van der Waals surface area contributed by atoms with Gasteiger partial charge in [0.2, 0.25) is 5.95 Å². The lowest BCUT2D eigenvalue weighted by Gasteiger charge is -2.32. The quantitative estimate of drug-likeness (QED) is 0.355. The number of hydrogen-bond acceptors (Lipinski definition) is 8. The van der Waals surface area contributed by atoms with Gasteiger partial charge in [0.25, 0.3) is 10.1 Å². The highest BCUT2D eigenvalue weighted by molar-refractivity contribution is 7.85. The fourth-order valence-electron chi connectivity index (χ4n) is 4.00. The number of rotatable bonds is 3. The first-order valence-electron chi connectivity index (χ1n) is 11.5. The summed E-state index contributed by atoms with van der Waals surface area (Å²) in [5.74, 6) is 1.66. The lowest BCUT2D eigenvalue weighted by atomic mass is 10.1. The zero-order valence-corrected chi connectivity index (χ0v) is 21.6. The Morgan fingerprint density at radius 3 is 2.39 bits per heavy atom. The first-order valence-corrected chi connectivity index (χ1v) is 13.8. The molecule has 11 heteroatoms. The number of likely N-dealkylation sites (N-methyl/N-ethyl adjacent to an activating group) is 1. The van der Waals surface area contributed by atoms with E-state index in [1.807, 2.05) is 17.5 Å². The molecule has 0 atom stereocenters. The number of hydrogen-bond donors (Lipinski definition) is 1. The highest BCUT2D eigenvalue weighted by atomic mass is 32.2. The third kappa shape index (κ3) is 5.09. The molecule has 0 spiro atoms. The van der Waals surface area contributed by atoms with Crippen molar-refractivity contribution in [2.24, 2.45) is 0 Å². The van der Waals surface area contributed by atoms with Crippen LogP contribution in [-0.4, -0.2) is 70.7 Å². The van der Waals surface area contributed by atoms with Gasteiger partial charge in [0.1, 0.15) is 0 Å². The van der Waals surface area contributed by atoms with E-state index in [1.165, 1.54) is 22.2 Å². The van der Waals surface area contributed by atoms with Gasteiger partial charge in [-0.15, -0.1) is 11.3 Å². The van der Waals surface area contributed by atoms with Crippen LogP contribution < -0.4 is 4.90 Å². The Balaban J connectivity index is 0.000000205. The molecular weight excluding hydrogens is 496 g/mol. The molecule has 0 saturated carbocycles. The molecule has 36 heavy (non-hydrogen) atoms. The number of aromatic nitrogens is 4. The van der Waals surface area contributed by atoms with Crippen LogP contribution in [0.5, 0.6) is 0 Å². The smallest absolute Gasteiger partial charge is 0.294 e. The minimum Gasteiger partial charge on any atom is -0.338 e. The van der Waals surface area contributed by atoms with Crippen molar-refractivity contribution in [3.05, 3.63) is 71.7 Å². The summed E-state index contributed by atoms with van der Waals surface area (Å²) in [7, 11) is -1.87. The number of nitrogens with zero attached hydrogens (tertiary/aromatic N) is 6. The predicted octanol–water partition coefficient (Wildman–Crippen LogP) is 4.00. The number of aryl methyl sites for hydroxylation is 1. The molecule has 186 valence electrons. The first-order chi connectivity index (χ1) is 17.3. The van der Waals surface area contributed by atoms with Gasteiger partial charge in [-0.3, -0.25) is 4.55 Å². The van der Waals surface area contributed by atoms with Crippen LogP contribution in [0.2, 0.25) is 0 Å². The molecule has 0 aliphatic carbocycles. The molecule has 2 aromatic carbocycles. The molecule has 0 amide bonds. The number of anilines is 1. The highest BCUT2D eigenvalue weighted by Crippen LogP contribution is 2.33. The molecule has 1 N–H and O–H groups in total. The summed E-state index contributed by atoms with van der Waals surface area (Å²) in [5.41, 5.74) is 2.92. The van der Waals surface area contributed by atoms with Gasteiger partial charge >= 0.3 is 0 Å². The molecule has 9 nitrogen and oxygen atoms in total. The van der Waals surface area contributed by atoms with Crippen LogP contribution in [0.4, 0.5) is 5.95 Å². The Morgan fingerprint density at radius 2 is 1.67 bits per heavy atom. The Kier molecular flexibility index (Phi) is 6.71. The van der Waals surface area contributed by atoms with Crippen molar-refractivity contribution in [3.63, 3.8) is 0 Å². The van der Waals surface area contributed by atoms with Crippen LogP contribution in [0.1, 0.15) is 5.56 Å². The summed E-state index contributed by atoms with van der Waals surface area (Å²) < 4.78 is 32.7. The SMILES string of the molecule is CN1CCN(c2nc(-c3csc4ccccc34)n3nccc3n2)CC1.Cc1ccc(S(=O)(=O)O)cc1. The van der Waals surface area contributed by atoms with Gasteiger partial charge in [-0.05, 0) is 32.2 Å². The summed E-state index contributed by atoms with van der Waals surface area (Å²) in [4.78, 5) is 14.2. The van der Waals surface area contributed by atoms with Crippen molar-refractivity contribution in [1.82, 2.24) is 24.5 Å². The molecule has 0 radical (unpaired) electrons. The van der Waals surface area contributed by atoms with E-state index in [9.17, 15) is 8.42 Å². The number of fused-ring (bicyclic) bond motifs is 2. The van der Waals surface area contributed by atoms with Crippen molar-refractivity contribution in [3.8, 4) is 11.4 Å². The molecular formula is C25H26N6O3S2. The van der Waals surface area contributed by atoms with Crippen molar-refractivity contribution >= 4 is 43.1 Å². The molecule has 0 unspecified atom stereocenters. The molecule has 0 bridgehead atoms. The van der Waals surface area contributed by atoms with Crippen molar-refractivity contribution in [2.75, 3.05) is 38.1 Å². The molecule has 1 saturated heterocycles. The maximum absolute atomic E-state index is 10.5. The van der Waals surface area contributed by atoms with Crippen LogP contribution in [0, 0.1) is 6.92 Å². The zero-order chi connectivity index (χ0) is 25.3. The van der Waals surface area contributed by atoms with E-state index in [4.69, 9.17) is 14.5 Å². The third-order valence-corrected chi connectivity index (χ3v) is 7.90. The maximum atomic E-state index is 10.5. The second-order valence-corrected chi connectivity index (χ2v) is 11.0. The zero-order valence-electron chi connectivity index (χ0n) is 19.9. The Hall–Kier alpha value is -3.38. The average Bonchev–Trinajstić information content (AvgIpc) is 3.51. The van der Waals surface area contributed by atoms with E-state index in [2.05, 4.69) is 51.6 Å². The van der Waals surface area contributed by atoms with Gasteiger partial charge in [-0.2, -0.15) is 28.0 Å². The summed E-state index contributed by atoms with van der Waals surface area (Å²) in [5, 5.41) is 7.83. The lowest BCUT2D eigenvalue weighted by Crippen LogP contribution is -2.45. The van der Waals surface area contributed by atoms with Gasteiger partial charge in [-0.25, -0.2) is 0 Å². The van der Waals surface area contributed by atoms with E-state index in [1.54, 1.807) is 29.7 Å². The second kappa shape index (κ2) is 9.94. The third-order valence-electron chi connectivity index (χ3n) is 6.07. The minimum atomic E-state index is -4.02. The van der Waals surface area contributed by atoms with E-state index >= 15 is 0 Å². The molecule has 6 rings (SSSR count). The van der Waals surface area contributed by atoms with Gasteiger partial charge < -0.3 is 9.80 Å². The topological polar surface area (TPSA) is 104 Å². The van der Waals surface area contributed by atoms with Crippen LogP contribution in [0.25, 0.3) is 27.1 Å². The summed E-state index contributed by atoms with van der Waals surface area (Å²) in [6.45, 7) is 5.80. The van der Waals surface area contributed by atoms with E-state index in [0.717, 1.165) is 54.7 Å². The molecule has 3 aromatic heterocycles. The fourth-order valence-corrected chi connectivity index (χ4v) is 5.42. The second-order valence-electron chi connectivity index (χ2n) is 8.67. The lowest BCUT2D eigenvalue weighted by molar-refractivity contribution is 0.311. The highest BCUT2D eigenvalue weighted by Gasteiger charge is 2.20. The van der Waals surface area contributed by atoms with E-state index in [0.29, 0.717) is 0 Å². The largest absolute Gasteiger partial charge is 0.338 e. The molecule has 4 heterocycles. The van der Waals surface area contributed by atoms with Gasteiger partial charge in [0, 0.05) is 53.3 Å². The molecule has 1 fully saturated rings. The number of benzene rings is 2. The van der Waals surface area contributed by atoms with E-state index < -0.39 is 10.1 Å². The number of thiophene rings is 1. The Morgan fingerprint density at radius 1 is 0.944 bits per heavy atom. The van der Waals surface area contributed by atoms with Crippen LogP contribution >= 0.6 is 11.3 Å². The van der Waals surface area contributed by atoms with Crippen molar-refractivity contribution < 1.29 is 13.0 Å². The Labute approximate surface area is 213 Å². The van der Waals surface area contributed by atoms with E-state index in [-0.39, 0.29) is 4.90 Å².